The van der Waals surface area contributed by atoms with Crippen LogP contribution in [-0.4, -0.2) is 29.1 Å². The van der Waals surface area contributed by atoms with Crippen LogP contribution < -0.4 is 4.74 Å². The van der Waals surface area contributed by atoms with E-state index in [1.54, 1.807) is 35.4 Å². The predicted octanol–water partition coefficient (Wildman–Crippen LogP) is 4.09. The molecule has 1 saturated heterocycles. The summed E-state index contributed by atoms with van der Waals surface area (Å²) in [7, 11) is 1.39. The highest BCUT2D eigenvalue weighted by molar-refractivity contribution is 5.69. The highest BCUT2D eigenvalue weighted by atomic mass is 19.1. The number of nitrogens with zero attached hydrogens (tertiary/aromatic N) is 2. The molecule has 5 nitrogen and oxygen atoms in total. The Balaban J connectivity index is 1.68. The first-order valence-electron chi connectivity index (χ1n) is 8.28. The SMILES string of the molecule is COC(=O)N1[C@H](C)CC[C@@H]1c1ccc(OCc2ccccc2F)cn1. The molecule has 0 unspecified atom stereocenters. The molecule has 2 aromatic rings. The molecule has 2 heterocycles. The number of halogens is 1. The van der Waals surface area contributed by atoms with Gasteiger partial charge in [-0.05, 0) is 38.0 Å². The summed E-state index contributed by atoms with van der Waals surface area (Å²) in [5.41, 5.74) is 1.29. The molecule has 2 atom stereocenters. The summed E-state index contributed by atoms with van der Waals surface area (Å²) in [6, 6.07) is 10.2. The van der Waals surface area contributed by atoms with Crippen LogP contribution in [0.5, 0.6) is 5.75 Å². The molecule has 3 rings (SSSR count). The number of methoxy groups -OCH3 is 1. The molecule has 0 aliphatic carbocycles. The lowest BCUT2D eigenvalue weighted by Gasteiger charge is -2.26. The van der Waals surface area contributed by atoms with E-state index < -0.39 is 0 Å². The molecule has 0 radical (unpaired) electrons. The van der Waals surface area contributed by atoms with E-state index in [1.807, 2.05) is 13.0 Å². The van der Waals surface area contributed by atoms with Crippen molar-refractivity contribution in [2.75, 3.05) is 7.11 Å². The van der Waals surface area contributed by atoms with E-state index in [2.05, 4.69) is 4.98 Å². The summed E-state index contributed by atoms with van der Waals surface area (Å²) in [5, 5.41) is 0. The van der Waals surface area contributed by atoms with Crippen molar-refractivity contribution in [2.45, 2.75) is 38.5 Å². The van der Waals surface area contributed by atoms with E-state index in [-0.39, 0.29) is 30.6 Å². The molecular formula is C19H21FN2O3. The predicted molar refractivity (Wildman–Crippen MR) is 90.7 cm³/mol. The van der Waals surface area contributed by atoms with Gasteiger partial charge in [-0.15, -0.1) is 0 Å². The number of carbonyl (C=O) groups is 1. The number of likely N-dealkylation sites (tertiary alicyclic amines) is 1. The standard InChI is InChI=1S/C19H21FN2O3/c1-13-7-10-18(22(13)19(23)24-2)17-9-8-15(11-21-17)25-12-14-5-3-4-6-16(14)20/h3-6,8-9,11,13,18H,7,10,12H2,1-2H3/t13-,18-/m1/s1. The Labute approximate surface area is 146 Å². The van der Waals surface area contributed by atoms with Crippen molar-refractivity contribution < 1.29 is 18.7 Å². The van der Waals surface area contributed by atoms with Crippen LogP contribution in [0.25, 0.3) is 0 Å². The zero-order chi connectivity index (χ0) is 17.8. The van der Waals surface area contributed by atoms with Crippen LogP contribution in [0, 0.1) is 5.82 Å². The third kappa shape index (κ3) is 3.73. The molecular weight excluding hydrogens is 323 g/mol. The minimum atomic E-state index is -0.336. The Morgan fingerprint density at radius 3 is 2.76 bits per heavy atom. The van der Waals surface area contributed by atoms with Gasteiger partial charge in [-0.2, -0.15) is 0 Å². The van der Waals surface area contributed by atoms with E-state index >= 15 is 0 Å². The maximum Gasteiger partial charge on any atom is 0.410 e. The molecule has 1 fully saturated rings. The van der Waals surface area contributed by atoms with Crippen LogP contribution in [0.3, 0.4) is 0 Å². The fourth-order valence-electron chi connectivity index (χ4n) is 3.14. The topological polar surface area (TPSA) is 51.7 Å². The van der Waals surface area contributed by atoms with Gasteiger partial charge < -0.3 is 9.47 Å². The van der Waals surface area contributed by atoms with Gasteiger partial charge in [0.1, 0.15) is 18.2 Å². The molecule has 25 heavy (non-hydrogen) atoms. The van der Waals surface area contributed by atoms with Crippen molar-refractivity contribution in [3.63, 3.8) is 0 Å². The zero-order valence-corrected chi connectivity index (χ0v) is 14.3. The molecule has 0 spiro atoms. The van der Waals surface area contributed by atoms with Gasteiger partial charge in [-0.1, -0.05) is 18.2 Å². The second-order valence-electron chi connectivity index (χ2n) is 6.12. The third-order valence-electron chi connectivity index (χ3n) is 4.51. The average Bonchev–Trinajstić information content (AvgIpc) is 3.02. The second-order valence-corrected chi connectivity index (χ2v) is 6.12. The molecule has 1 amide bonds. The van der Waals surface area contributed by atoms with Crippen LogP contribution in [0.15, 0.2) is 42.6 Å². The van der Waals surface area contributed by atoms with Crippen LogP contribution in [-0.2, 0) is 11.3 Å². The molecule has 0 bridgehead atoms. The zero-order valence-electron chi connectivity index (χ0n) is 14.3. The monoisotopic (exact) mass is 344 g/mol. The van der Waals surface area contributed by atoms with Crippen molar-refractivity contribution in [1.82, 2.24) is 9.88 Å². The highest BCUT2D eigenvalue weighted by Gasteiger charge is 2.36. The number of hydrogen-bond acceptors (Lipinski definition) is 4. The summed E-state index contributed by atoms with van der Waals surface area (Å²) in [5.74, 6) is 0.267. The number of hydrogen-bond donors (Lipinski definition) is 0. The van der Waals surface area contributed by atoms with E-state index in [1.165, 1.54) is 13.2 Å². The van der Waals surface area contributed by atoms with Crippen molar-refractivity contribution >= 4 is 6.09 Å². The first kappa shape index (κ1) is 17.2. The summed E-state index contributed by atoms with van der Waals surface area (Å²) >= 11 is 0. The Hall–Kier alpha value is -2.63. The maximum absolute atomic E-state index is 13.6. The quantitative estimate of drug-likeness (QED) is 0.838. The molecule has 1 aromatic heterocycles. The van der Waals surface area contributed by atoms with Gasteiger partial charge in [0.25, 0.3) is 0 Å². The minimum absolute atomic E-state index is 0.0944. The fraction of sp³-hybridized carbons (Fsp3) is 0.368. The molecule has 0 saturated carbocycles. The largest absolute Gasteiger partial charge is 0.487 e. The van der Waals surface area contributed by atoms with Gasteiger partial charge >= 0.3 is 6.09 Å². The normalized spacial score (nSPS) is 19.7. The van der Waals surface area contributed by atoms with Crippen molar-refractivity contribution in [1.29, 1.82) is 0 Å². The smallest absolute Gasteiger partial charge is 0.410 e. The van der Waals surface area contributed by atoms with E-state index in [4.69, 9.17) is 9.47 Å². The number of pyridine rings is 1. The first-order chi connectivity index (χ1) is 12.1. The number of carbonyl (C=O) groups excluding carboxylic acids is 1. The molecule has 1 aliphatic heterocycles. The Morgan fingerprint density at radius 1 is 1.28 bits per heavy atom. The Kier molecular flexibility index (Phi) is 5.16. The van der Waals surface area contributed by atoms with Crippen LogP contribution in [0.2, 0.25) is 0 Å². The van der Waals surface area contributed by atoms with Crippen LogP contribution in [0.4, 0.5) is 9.18 Å². The minimum Gasteiger partial charge on any atom is -0.487 e. The lowest BCUT2D eigenvalue weighted by Crippen LogP contribution is -2.35. The van der Waals surface area contributed by atoms with Crippen LogP contribution >= 0.6 is 0 Å². The van der Waals surface area contributed by atoms with Gasteiger partial charge in [0.2, 0.25) is 0 Å². The van der Waals surface area contributed by atoms with Crippen molar-refractivity contribution in [2.24, 2.45) is 0 Å². The summed E-state index contributed by atoms with van der Waals surface area (Å²) in [6.45, 7) is 2.14. The van der Waals surface area contributed by atoms with E-state index in [0.717, 1.165) is 18.5 Å². The maximum atomic E-state index is 13.6. The first-order valence-corrected chi connectivity index (χ1v) is 8.28. The Morgan fingerprint density at radius 2 is 2.08 bits per heavy atom. The van der Waals surface area contributed by atoms with E-state index in [9.17, 15) is 9.18 Å². The van der Waals surface area contributed by atoms with Crippen molar-refractivity contribution in [3.05, 3.63) is 59.7 Å². The lowest BCUT2D eigenvalue weighted by atomic mass is 10.1. The number of aromatic nitrogens is 1. The highest BCUT2D eigenvalue weighted by Crippen LogP contribution is 2.35. The molecule has 0 N–H and O–H groups in total. The summed E-state index contributed by atoms with van der Waals surface area (Å²) in [6.07, 6.45) is 3.03. The molecule has 1 aromatic carbocycles. The van der Waals surface area contributed by atoms with Gasteiger partial charge in [-0.3, -0.25) is 9.88 Å². The van der Waals surface area contributed by atoms with Gasteiger partial charge in [0.05, 0.1) is 25.0 Å². The summed E-state index contributed by atoms with van der Waals surface area (Å²) < 4.78 is 24.1. The number of amides is 1. The summed E-state index contributed by atoms with van der Waals surface area (Å²) in [4.78, 5) is 18.1. The van der Waals surface area contributed by atoms with Crippen LogP contribution in [0.1, 0.15) is 37.1 Å². The molecule has 6 heteroatoms. The van der Waals surface area contributed by atoms with Gasteiger partial charge in [0, 0.05) is 11.6 Å². The number of benzene rings is 1. The van der Waals surface area contributed by atoms with E-state index in [0.29, 0.717) is 11.3 Å². The second kappa shape index (κ2) is 7.51. The van der Waals surface area contributed by atoms with Gasteiger partial charge in [0.15, 0.2) is 0 Å². The third-order valence-corrected chi connectivity index (χ3v) is 4.51. The molecule has 132 valence electrons. The lowest BCUT2D eigenvalue weighted by molar-refractivity contribution is 0.105. The fourth-order valence-corrected chi connectivity index (χ4v) is 3.14. The average molecular weight is 344 g/mol. The number of ether oxygens (including phenoxy) is 2. The van der Waals surface area contributed by atoms with Crippen molar-refractivity contribution in [3.8, 4) is 5.75 Å². The number of rotatable bonds is 4. The Bertz CT molecular complexity index is 736. The van der Waals surface area contributed by atoms with Gasteiger partial charge in [-0.25, -0.2) is 9.18 Å². The molecule has 1 aliphatic rings.